The summed E-state index contributed by atoms with van der Waals surface area (Å²) in [7, 11) is 0. The number of halogens is 2. The highest BCUT2D eigenvalue weighted by Crippen LogP contribution is 2.26. The number of aromatic nitrogens is 2. The van der Waals surface area contributed by atoms with Crippen molar-refractivity contribution < 1.29 is 23.8 Å². The third-order valence-electron chi connectivity index (χ3n) is 2.35. The average Bonchev–Trinajstić information content (AvgIpc) is 2.35. The van der Waals surface area contributed by atoms with Gasteiger partial charge in [-0.3, -0.25) is 4.79 Å². The first-order valence-electron chi connectivity index (χ1n) is 4.91. The Morgan fingerprint density at radius 2 is 1.79 bits per heavy atom. The molecule has 98 valence electrons. The molecule has 0 aliphatic heterocycles. The van der Waals surface area contributed by atoms with E-state index < -0.39 is 34.5 Å². The van der Waals surface area contributed by atoms with Crippen molar-refractivity contribution in [1.29, 1.82) is 0 Å². The fourth-order valence-electron chi connectivity index (χ4n) is 1.43. The van der Waals surface area contributed by atoms with Crippen LogP contribution in [-0.4, -0.2) is 26.4 Å². The van der Waals surface area contributed by atoms with Crippen LogP contribution in [-0.2, 0) is 0 Å². The molecule has 0 bridgehead atoms. The van der Waals surface area contributed by atoms with Crippen LogP contribution in [0.4, 0.5) is 8.78 Å². The summed E-state index contributed by atoms with van der Waals surface area (Å²) in [5.74, 6) is -5.09. The molecule has 3 N–H and O–H groups in total. The molecule has 1 heterocycles. The Morgan fingerprint density at radius 1 is 1.21 bits per heavy atom. The number of hydrogen-bond donors (Lipinski definition) is 3. The molecule has 0 aliphatic rings. The second-order valence-corrected chi connectivity index (χ2v) is 3.59. The molecule has 19 heavy (non-hydrogen) atoms. The van der Waals surface area contributed by atoms with E-state index in [1.165, 1.54) is 0 Å². The molecule has 2 aromatic rings. The summed E-state index contributed by atoms with van der Waals surface area (Å²) in [4.78, 5) is 21.9. The number of carbonyl (C=O) groups is 1. The van der Waals surface area contributed by atoms with E-state index in [0.717, 1.165) is 18.2 Å². The van der Waals surface area contributed by atoms with Crippen molar-refractivity contribution in [1.82, 2.24) is 10.2 Å². The minimum atomic E-state index is -1.50. The maximum absolute atomic E-state index is 13.2. The fourth-order valence-corrected chi connectivity index (χ4v) is 1.43. The van der Waals surface area contributed by atoms with Gasteiger partial charge in [-0.15, -0.1) is 0 Å². The number of rotatable bonds is 2. The summed E-state index contributed by atoms with van der Waals surface area (Å²) < 4.78 is 26.3. The number of benzene rings is 1. The predicted molar refractivity (Wildman–Crippen MR) is 58.8 cm³/mol. The molecule has 0 atom stereocenters. The SMILES string of the molecule is O=C(O)c1cc(-c2cc(F)c(O)c(F)c2)n[nH]c1=O. The first-order valence-corrected chi connectivity index (χ1v) is 4.91. The van der Waals surface area contributed by atoms with Crippen LogP contribution in [0.25, 0.3) is 11.3 Å². The van der Waals surface area contributed by atoms with Crippen molar-refractivity contribution in [2.75, 3.05) is 0 Å². The first kappa shape index (κ1) is 12.7. The lowest BCUT2D eigenvalue weighted by molar-refractivity contribution is 0.0694. The smallest absolute Gasteiger partial charge is 0.341 e. The molecule has 0 unspecified atom stereocenters. The Kier molecular flexibility index (Phi) is 2.99. The summed E-state index contributed by atoms with van der Waals surface area (Å²) in [5.41, 5.74) is -1.81. The lowest BCUT2D eigenvalue weighted by Gasteiger charge is -2.04. The van der Waals surface area contributed by atoms with Crippen molar-refractivity contribution >= 4 is 5.97 Å². The van der Waals surface area contributed by atoms with Gasteiger partial charge in [0.05, 0.1) is 5.69 Å². The predicted octanol–water partition coefficient (Wildman–Crippen LogP) is 1.12. The molecule has 8 heteroatoms. The lowest BCUT2D eigenvalue weighted by atomic mass is 10.1. The first-order chi connectivity index (χ1) is 8.90. The second-order valence-electron chi connectivity index (χ2n) is 3.59. The molecule has 0 aliphatic carbocycles. The molecule has 2 rings (SSSR count). The minimum Gasteiger partial charge on any atom is -0.503 e. The van der Waals surface area contributed by atoms with Gasteiger partial charge in [0.2, 0.25) is 0 Å². The largest absolute Gasteiger partial charge is 0.503 e. The Labute approximate surface area is 104 Å². The zero-order valence-electron chi connectivity index (χ0n) is 9.15. The number of aromatic hydroxyl groups is 1. The summed E-state index contributed by atoms with van der Waals surface area (Å²) in [6.45, 7) is 0. The number of H-pyrrole nitrogens is 1. The lowest BCUT2D eigenvalue weighted by Crippen LogP contribution is -2.18. The van der Waals surface area contributed by atoms with Crippen LogP contribution in [0.5, 0.6) is 5.75 Å². The van der Waals surface area contributed by atoms with Crippen molar-refractivity contribution in [2.24, 2.45) is 0 Å². The molecule has 1 aromatic heterocycles. The van der Waals surface area contributed by atoms with E-state index in [9.17, 15) is 18.4 Å². The van der Waals surface area contributed by atoms with Gasteiger partial charge in [-0.25, -0.2) is 18.7 Å². The topological polar surface area (TPSA) is 103 Å². The third kappa shape index (κ3) is 2.28. The van der Waals surface area contributed by atoms with Gasteiger partial charge in [0.15, 0.2) is 17.4 Å². The zero-order chi connectivity index (χ0) is 14.2. The van der Waals surface area contributed by atoms with Gasteiger partial charge in [0.25, 0.3) is 5.56 Å². The Hall–Kier alpha value is -2.77. The maximum atomic E-state index is 13.2. The van der Waals surface area contributed by atoms with Crippen LogP contribution >= 0.6 is 0 Å². The normalized spacial score (nSPS) is 10.4. The molecule has 0 fully saturated rings. The van der Waals surface area contributed by atoms with E-state index in [2.05, 4.69) is 5.10 Å². The maximum Gasteiger partial charge on any atom is 0.341 e. The van der Waals surface area contributed by atoms with Crippen LogP contribution in [0.15, 0.2) is 23.0 Å². The number of aromatic amines is 1. The second kappa shape index (κ2) is 4.48. The molecule has 6 nitrogen and oxygen atoms in total. The van der Waals surface area contributed by atoms with E-state index in [0.29, 0.717) is 0 Å². The summed E-state index contributed by atoms with van der Waals surface area (Å²) >= 11 is 0. The molecule has 0 saturated carbocycles. The molecule has 0 spiro atoms. The van der Waals surface area contributed by atoms with Gasteiger partial charge in [0, 0.05) is 5.56 Å². The number of hydrogen-bond acceptors (Lipinski definition) is 4. The van der Waals surface area contributed by atoms with E-state index in [4.69, 9.17) is 10.2 Å². The van der Waals surface area contributed by atoms with Gasteiger partial charge in [-0.05, 0) is 18.2 Å². The standard InChI is InChI=1S/C11H6F2N2O4/c12-6-1-4(2-7(13)9(6)16)8-3-5(11(18)19)10(17)15-14-8/h1-3,16H,(H,15,17)(H,18,19). The zero-order valence-corrected chi connectivity index (χ0v) is 9.15. The van der Waals surface area contributed by atoms with Gasteiger partial charge in [0.1, 0.15) is 5.56 Å². The van der Waals surface area contributed by atoms with Crippen LogP contribution < -0.4 is 5.56 Å². The van der Waals surface area contributed by atoms with Crippen molar-refractivity contribution in [3.8, 4) is 17.0 Å². The molecule has 1 aromatic carbocycles. The molecule has 0 saturated heterocycles. The van der Waals surface area contributed by atoms with E-state index >= 15 is 0 Å². The van der Waals surface area contributed by atoms with Crippen LogP contribution in [0.3, 0.4) is 0 Å². The third-order valence-corrected chi connectivity index (χ3v) is 2.35. The highest BCUT2D eigenvalue weighted by Gasteiger charge is 2.15. The van der Waals surface area contributed by atoms with Crippen LogP contribution in [0.1, 0.15) is 10.4 Å². The number of carboxylic acids is 1. The quantitative estimate of drug-likeness (QED) is 0.757. The fraction of sp³-hybridized carbons (Fsp3) is 0. The molecular formula is C11H6F2N2O4. The monoisotopic (exact) mass is 268 g/mol. The molecule has 0 radical (unpaired) electrons. The highest BCUT2D eigenvalue weighted by molar-refractivity contribution is 5.88. The summed E-state index contributed by atoms with van der Waals surface area (Å²) in [6, 6.07) is 2.42. The number of nitrogens with one attached hydrogen (secondary N) is 1. The van der Waals surface area contributed by atoms with Crippen LogP contribution in [0.2, 0.25) is 0 Å². The van der Waals surface area contributed by atoms with Gasteiger partial charge >= 0.3 is 5.97 Å². The number of carboxylic acid groups (broad SMARTS) is 1. The van der Waals surface area contributed by atoms with Gasteiger partial charge < -0.3 is 10.2 Å². The van der Waals surface area contributed by atoms with Crippen molar-refractivity contribution in [3.05, 3.63) is 45.8 Å². The number of aromatic carboxylic acids is 1. The van der Waals surface area contributed by atoms with Crippen LogP contribution in [0, 0.1) is 11.6 Å². The molecular weight excluding hydrogens is 262 g/mol. The summed E-state index contributed by atoms with van der Waals surface area (Å²) in [5, 5.41) is 23.1. The van der Waals surface area contributed by atoms with E-state index in [-0.39, 0.29) is 11.3 Å². The van der Waals surface area contributed by atoms with E-state index in [1.807, 2.05) is 5.10 Å². The highest BCUT2D eigenvalue weighted by atomic mass is 19.1. The molecule has 0 amide bonds. The van der Waals surface area contributed by atoms with Crippen molar-refractivity contribution in [2.45, 2.75) is 0 Å². The van der Waals surface area contributed by atoms with Crippen molar-refractivity contribution in [3.63, 3.8) is 0 Å². The number of phenols is 1. The van der Waals surface area contributed by atoms with Gasteiger partial charge in [-0.1, -0.05) is 0 Å². The van der Waals surface area contributed by atoms with E-state index in [1.54, 1.807) is 0 Å². The Morgan fingerprint density at radius 3 is 2.32 bits per heavy atom. The number of nitrogens with zero attached hydrogens (tertiary/aromatic N) is 1. The average molecular weight is 268 g/mol. The Bertz CT molecular complexity index is 704. The Balaban J connectivity index is 2.63. The van der Waals surface area contributed by atoms with Gasteiger partial charge in [-0.2, -0.15) is 5.10 Å². The minimum absolute atomic E-state index is 0.119. The summed E-state index contributed by atoms with van der Waals surface area (Å²) in [6.07, 6.45) is 0. The number of phenolic OH excluding ortho intramolecular Hbond substituents is 1.